The molecule has 1 radical (unpaired) electrons. The molecule has 87 valence electrons. The Morgan fingerprint density at radius 3 is 2.81 bits per heavy atom. The molecule has 16 heavy (non-hydrogen) atoms. The minimum absolute atomic E-state index is 0.511. The molecule has 2 rings (SSSR count). The van der Waals surface area contributed by atoms with Crippen molar-refractivity contribution in [3.05, 3.63) is 35.4 Å². The lowest BCUT2D eigenvalue weighted by Crippen LogP contribution is -2.24. The predicted molar refractivity (Wildman–Crippen MR) is 70.1 cm³/mol. The highest BCUT2D eigenvalue weighted by molar-refractivity contribution is 6.52. The SMILES string of the molecule is Cc1ccccc1C(C)C[Si]1CCCCO1. The van der Waals surface area contributed by atoms with Crippen molar-refractivity contribution < 1.29 is 4.43 Å². The Bertz CT molecular complexity index is 331. The predicted octanol–water partition coefficient (Wildman–Crippen LogP) is 3.90. The Hall–Kier alpha value is -0.603. The van der Waals surface area contributed by atoms with E-state index in [4.69, 9.17) is 4.43 Å². The first kappa shape index (κ1) is 11.9. The van der Waals surface area contributed by atoms with Crippen molar-refractivity contribution in [1.29, 1.82) is 0 Å². The van der Waals surface area contributed by atoms with Crippen molar-refractivity contribution in [2.75, 3.05) is 6.61 Å². The molecule has 0 amide bonds. The molecule has 0 aliphatic carbocycles. The molecule has 1 heterocycles. The van der Waals surface area contributed by atoms with Crippen LogP contribution >= 0.6 is 0 Å². The van der Waals surface area contributed by atoms with Gasteiger partial charge in [0.25, 0.3) is 0 Å². The maximum Gasteiger partial charge on any atom is 0.211 e. The summed E-state index contributed by atoms with van der Waals surface area (Å²) in [5.41, 5.74) is 2.93. The molecule has 1 aliphatic rings. The van der Waals surface area contributed by atoms with Crippen LogP contribution in [-0.2, 0) is 4.43 Å². The molecule has 1 nitrogen and oxygen atoms in total. The third kappa shape index (κ3) is 2.95. The van der Waals surface area contributed by atoms with Gasteiger partial charge in [-0.2, -0.15) is 0 Å². The molecule has 0 N–H and O–H groups in total. The fourth-order valence-electron chi connectivity index (χ4n) is 2.47. The highest BCUT2D eigenvalue weighted by Gasteiger charge is 2.21. The van der Waals surface area contributed by atoms with Crippen LogP contribution in [0.1, 0.15) is 36.8 Å². The van der Waals surface area contributed by atoms with E-state index in [9.17, 15) is 0 Å². The van der Waals surface area contributed by atoms with E-state index in [2.05, 4.69) is 38.1 Å². The van der Waals surface area contributed by atoms with Crippen LogP contribution in [0.3, 0.4) is 0 Å². The second kappa shape index (κ2) is 5.64. The first-order valence-corrected chi connectivity index (χ1v) is 8.12. The molecule has 1 aromatic carbocycles. The van der Waals surface area contributed by atoms with Crippen LogP contribution in [0.15, 0.2) is 24.3 Å². The molecule has 1 aromatic rings. The summed E-state index contributed by atoms with van der Waals surface area (Å²) >= 11 is 0. The van der Waals surface area contributed by atoms with Gasteiger partial charge < -0.3 is 4.43 Å². The normalized spacial score (nSPS) is 19.6. The second-order valence-corrected chi connectivity index (χ2v) is 7.08. The maximum absolute atomic E-state index is 5.91. The molecule has 1 fully saturated rings. The average molecular weight is 233 g/mol. The molecular formula is C14H21OSi. The van der Waals surface area contributed by atoms with Crippen LogP contribution < -0.4 is 0 Å². The van der Waals surface area contributed by atoms with E-state index in [-0.39, 0.29) is 0 Å². The summed E-state index contributed by atoms with van der Waals surface area (Å²) in [6.07, 6.45) is 2.65. The van der Waals surface area contributed by atoms with Crippen LogP contribution in [0.2, 0.25) is 12.1 Å². The van der Waals surface area contributed by atoms with Gasteiger partial charge in [0.2, 0.25) is 9.04 Å². The van der Waals surface area contributed by atoms with Crippen LogP contribution in [-0.4, -0.2) is 15.6 Å². The lowest BCUT2D eigenvalue weighted by atomic mass is 9.98. The zero-order valence-electron chi connectivity index (χ0n) is 10.3. The Morgan fingerprint density at radius 1 is 1.31 bits per heavy atom. The number of hydrogen-bond donors (Lipinski definition) is 0. The fourth-order valence-corrected chi connectivity index (χ4v) is 4.91. The Balaban J connectivity index is 1.96. The van der Waals surface area contributed by atoms with E-state index < -0.39 is 9.04 Å². The molecule has 0 spiro atoms. The summed E-state index contributed by atoms with van der Waals surface area (Å²) < 4.78 is 5.91. The second-order valence-electron chi connectivity index (χ2n) is 4.81. The zero-order valence-corrected chi connectivity index (χ0v) is 11.3. The largest absolute Gasteiger partial charge is 0.417 e. The lowest BCUT2D eigenvalue weighted by Gasteiger charge is -2.24. The van der Waals surface area contributed by atoms with Crippen molar-refractivity contribution in [2.24, 2.45) is 0 Å². The quantitative estimate of drug-likeness (QED) is 0.719. The van der Waals surface area contributed by atoms with E-state index in [0.29, 0.717) is 5.92 Å². The van der Waals surface area contributed by atoms with Gasteiger partial charge in [-0.3, -0.25) is 0 Å². The summed E-state index contributed by atoms with van der Waals surface area (Å²) in [6, 6.07) is 11.4. The molecule has 0 aromatic heterocycles. The average Bonchev–Trinajstić information content (AvgIpc) is 2.31. The first-order valence-electron chi connectivity index (χ1n) is 6.30. The van der Waals surface area contributed by atoms with Gasteiger partial charge in [-0.05, 0) is 42.5 Å². The van der Waals surface area contributed by atoms with Crippen molar-refractivity contribution in [3.63, 3.8) is 0 Å². The van der Waals surface area contributed by atoms with Gasteiger partial charge in [0, 0.05) is 6.61 Å². The summed E-state index contributed by atoms with van der Waals surface area (Å²) in [6.45, 7) is 5.57. The monoisotopic (exact) mass is 233 g/mol. The Kier molecular flexibility index (Phi) is 4.19. The van der Waals surface area contributed by atoms with Crippen molar-refractivity contribution >= 4 is 9.04 Å². The maximum atomic E-state index is 5.91. The standard InChI is InChI=1S/C14H21OSi/c1-12-7-3-4-8-14(12)13(2)11-16-10-6-5-9-15-16/h3-4,7-8,13H,5-6,9-11H2,1-2H3. The highest BCUT2D eigenvalue weighted by atomic mass is 28.3. The van der Waals surface area contributed by atoms with E-state index in [0.717, 1.165) is 6.61 Å². The van der Waals surface area contributed by atoms with Gasteiger partial charge >= 0.3 is 0 Å². The minimum atomic E-state index is -0.511. The van der Waals surface area contributed by atoms with E-state index in [1.165, 1.54) is 36.1 Å². The van der Waals surface area contributed by atoms with Crippen molar-refractivity contribution in [1.82, 2.24) is 0 Å². The summed E-state index contributed by atoms with van der Waals surface area (Å²) in [5.74, 6) is 0.660. The van der Waals surface area contributed by atoms with Crippen LogP contribution in [0.5, 0.6) is 0 Å². The number of aryl methyl sites for hydroxylation is 1. The summed E-state index contributed by atoms with van der Waals surface area (Å²) in [5, 5.41) is 0. The number of rotatable bonds is 3. The Morgan fingerprint density at radius 2 is 2.12 bits per heavy atom. The smallest absolute Gasteiger partial charge is 0.211 e. The van der Waals surface area contributed by atoms with Crippen LogP contribution in [0.4, 0.5) is 0 Å². The van der Waals surface area contributed by atoms with Gasteiger partial charge in [0.1, 0.15) is 0 Å². The zero-order chi connectivity index (χ0) is 11.4. The van der Waals surface area contributed by atoms with Crippen molar-refractivity contribution in [2.45, 2.75) is 44.7 Å². The minimum Gasteiger partial charge on any atom is -0.417 e. The van der Waals surface area contributed by atoms with Crippen LogP contribution in [0, 0.1) is 6.92 Å². The summed E-state index contributed by atoms with van der Waals surface area (Å²) in [4.78, 5) is 0. The molecule has 2 heteroatoms. The number of benzene rings is 1. The molecular weight excluding hydrogens is 212 g/mol. The third-order valence-electron chi connectivity index (χ3n) is 3.41. The highest BCUT2D eigenvalue weighted by Crippen LogP contribution is 2.27. The van der Waals surface area contributed by atoms with E-state index in [1.54, 1.807) is 0 Å². The van der Waals surface area contributed by atoms with E-state index >= 15 is 0 Å². The van der Waals surface area contributed by atoms with Gasteiger partial charge in [-0.15, -0.1) is 0 Å². The van der Waals surface area contributed by atoms with Crippen LogP contribution in [0.25, 0.3) is 0 Å². The Labute approximate surface area is 101 Å². The fraction of sp³-hybridized carbons (Fsp3) is 0.571. The molecule has 0 bridgehead atoms. The third-order valence-corrected chi connectivity index (χ3v) is 6.00. The number of hydrogen-bond acceptors (Lipinski definition) is 1. The lowest BCUT2D eigenvalue weighted by molar-refractivity contribution is 0.285. The summed E-state index contributed by atoms with van der Waals surface area (Å²) in [7, 11) is -0.511. The molecule has 1 saturated heterocycles. The topological polar surface area (TPSA) is 9.23 Å². The van der Waals surface area contributed by atoms with E-state index in [1.807, 2.05) is 0 Å². The van der Waals surface area contributed by atoms with Crippen molar-refractivity contribution in [3.8, 4) is 0 Å². The molecule has 1 atom stereocenters. The molecule has 1 unspecified atom stereocenters. The van der Waals surface area contributed by atoms with Gasteiger partial charge in [-0.1, -0.05) is 37.6 Å². The van der Waals surface area contributed by atoms with Gasteiger partial charge in [0.15, 0.2) is 0 Å². The van der Waals surface area contributed by atoms with Gasteiger partial charge in [-0.25, -0.2) is 0 Å². The molecule has 1 aliphatic heterocycles. The molecule has 0 saturated carbocycles. The first-order chi connectivity index (χ1) is 7.77. The van der Waals surface area contributed by atoms with Gasteiger partial charge in [0.05, 0.1) is 0 Å².